The lowest BCUT2D eigenvalue weighted by atomic mass is 10.4. The van der Waals surface area contributed by atoms with Crippen molar-refractivity contribution in [2.24, 2.45) is 0 Å². The minimum atomic E-state index is 0.738. The third kappa shape index (κ3) is 2.56. The fraction of sp³-hybridized carbons (Fsp3) is 0.500. The Morgan fingerprint density at radius 2 is 2.35 bits per heavy atom. The van der Waals surface area contributed by atoms with Crippen LogP contribution in [0.3, 0.4) is 0 Å². The van der Waals surface area contributed by atoms with Crippen LogP contribution in [0.2, 0.25) is 0 Å². The molecule has 1 aliphatic carbocycles. The highest BCUT2D eigenvalue weighted by atomic mass is 32.1. The molecule has 0 saturated heterocycles. The van der Waals surface area contributed by atoms with Crippen molar-refractivity contribution in [1.29, 1.82) is 0 Å². The third-order valence-electron chi connectivity index (χ3n) is 3.08. The van der Waals surface area contributed by atoms with Crippen LogP contribution in [0.15, 0.2) is 17.9 Å². The maximum absolute atomic E-state index is 4.40. The molecule has 3 rings (SSSR count). The topological polar surface area (TPSA) is 42.7 Å². The van der Waals surface area contributed by atoms with Crippen LogP contribution in [0.25, 0.3) is 0 Å². The van der Waals surface area contributed by atoms with E-state index in [2.05, 4.69) is 26.8 Å². The van der Waals surface area contributed by atoms with Crippen LogP contribution in [0.4, 0.5) is 0 Å². The summed E-state index contributed by atoms with van der Waals surface area (Å²) in [7, 11) is 0. The Morgan fingerprint density at radius 1 is 1.47 bits per heavy atom. The van der Waals surface area contributed by atoms with Crippen molar-refractivity contribution in [3.8, 4) is 0 Å². The van der Waals surface area contributed by atoms with Gasteiger partial charge in [0, 0.05) is 29.9 Å². The normalized spacial score (nSPS) is 15.4. The molecule has 1 N–H and O–H groups in total. The molecule has 0 bridgehead atoms. The van der Waals surface area contributed by atoms with E-state index in [-0.39, 0.29) is 0 Å². The third-order valence-corrected chi connectivity index (χ3v) is 3.85. The lowest BCUT2D eigenvalue weighted by Crippen LogP contribution is -2.18. The second kappa shape index (κ2) is 4.58. The summed E-state index contributed by atoms with van der Waals surface area (Å²) in [6.45, 7) is 3.87. The smallest absolute Gasteiger partial charge is 0.106 e. The van der Waals surface area contributed by atoms with Crippen LogP contribution in [-0.4, -0.2) is 20.6 Å². The monoisotopic (exact) mass is 248 g/mol. The van der Waals surface area contributed by atoms with Gasteiger partial charge in [-0.1, -0.05) is 0 Å². The first-order valence-corrected chi connectivity index (χ1v) is 6.82. The molecule has 1 fully saturated rings. The van der Waals surface area contributed by atoms with Crippen LogP contribution in [0.5, 0.6) is 0 Å². The summed E-state index contributed by atoms with van der Waals surface area (Å²) in [5.41, 5.74) is 3.15. The van der Waals surface area contributed by atoms with E-state index < -0.39 is 0 Å². The van der Waals surface area contributed by atoms with E-state index >= 15 is 0 Å². The molecule has 0 spiro atoms. The van der Waals surface area contributed by atoms with E-state index in [1.54, 1.807) is 11.3 Å². The van der Waals surface area contributed by atoms with Crippen molar-refractivity contribution in [3.05, 3.63) is 34.3 Å². The van der Waals surface area contributed by atoms with Crippen molar-refractivity contribution in [2.75, 3.05) is 0 Å². The fourth-order valence-corrected chi connectivity index (χ4v) is 2.47. The number of nitrogens with one attached hydrogen (secondary N) is 1. The second-order valence-electron chi connectivity index (χ2n) is 4.51. The first kappa shape index (κ1) is 10.9. The van der Waals surface area contributed by atoms with Crippen LogP contribution in [-0.2, 0) is 13.1 Å². The number of thiazole rings is 1. The van der Waals surface area contributed by atoms with Crippen LogP contribution < -0.4 is 5.32 Å². The maximum Gasteiger partial charge on any atom is 0.106 e. The van der Waals surface area contributed by atoms with Gasteiger partial charge in [-0.2, -0.15) is 0 Å². The van der Waals surface area contributed by atoms with Gasteiger partial charge in [-0.15, -0.1) is 11.3 Å². The van der Waals surface area contributed by atoms with Crippen molar-refractivity contribution >= 4 is 11.3 Å². The highest BCUT2D eigenvalue weighted by Gasteiger charge is 2.20. The summed E-state index contributed by atoms with van der Waals surface area (Å²) >= 11 is 1.70. The van der Waals surface area contributed by atoms with E-state index in [0.717, 1.165) is 25.0 Å². The van der Waals surface area contributed by atoms with Gasteiger partial charge in [-0.25, -0.2) is 4.98 Å². The van der Waals surface area contributed by atoms with Gasteiger partial charge in [-0.05, 0) is 19.8 Å². The molecule has 0 unspecified atom stereocenters. The Kier molecular flexibility index (Phi) is 2.94. The summed E-state index contributed by atoms with van der Waals surface area (Å²) in [4.78, 5) is 9.79. The summed E-state index contributed by atoms with van der Waals surface area (Å²) in [5, 5.41) is 3.53. The molecule has 90 valence electrons. The number of rotatable bonds is 5. The summed E-state index contributed by atoms with van der Waals surface area (Å²) < 4.78 is 2.27. The van der Waals surface area contributed by atoms with Crippen LogP contribution in [0, 0.1) is 6.92 Å². The predicted molar refractivity (Wildman–Crippen MR) is 68.0 cm³/mol. The van der Waals surface area contributed by atoms with Gasteiger partial charge < -0.3 is 9.88 Å². The average Bonchev–Trinajstić information content (AvgIpc) is 2.90. The van der Waals surface area contributed by atoms with E-state index in [4.69, 9.17) is 0 Å². The van der Waals surface area contributed by atoms with Crippen LogP contribution >= 0.6 is 11.3 Å². The Bertz CT molecular complexity index is 485. The molecule has 2 aromatic heterocycles. The molecule has 17 heavy (non-hydrogen) atoms. The number of hydrogen-bond donors (Lipinski definition) is 1. The Labute approximate surface area is 105 Å². The molecule has 0 atom stereocenters. The Hall–Kier alpha value is -1.20. The first-order chi connectivity index (χ1) is 8.33. The molecule has 0 aromatic carbocycles. The lowest BCUT2D eigenvalue weighted by Gasteiger charge is -2.09. The maximum atomic E-state index is 4.40. The highest BCUT2D eigenvalue weighted by Crippen LogP contribution is 2.20. The fourth-order valence-electron chi connectivity index (χ4n) is 1.88. The van der Waals surface area contributed by atoms with E-state index in [9.17, 15) is 0 Å². The predicted octanol–water partition coefficient (Wildman–Crippen LogP) is 1.95. The van der Waals surface area contributed by atoms with E-state index in [1.165, 1.54) is 23.4 Å². The van der Waals surface area contributed by atoms with Crippen LogP contribution in [0.1, 0.15) is 29.2 Å². The zero-order valence-electron chi connectivity index (χ0n) is 9.89. The minimum absolute atomic E-state index is 0.738. The molecule has 1 aliphatic rings. The average molecular weight is 248 g/mol. The highest BCUT2D eigenvalue weighted by molar-refractivity contribution is 7.09. The Balaban J connectivity index is 1.74. The number of hydrogen-bond acceptors (Lipinski definition) is 4. The second-order valence-corrected chi connectivity index (χ2v) is 5.48. The Morgan fingerprint density at radius 3 is 3.06 bits per heavy atom. The molecular formula is C12H16N4S. The number of nitrogens with zero attached hydrogens (tertiary/aromatic N) is 3. The lowest BCUT2D eigenvalue weighted by molar-refractivity contribution is 0.629. The molecule has 2 heterocycles. The van der Waals surface area contributed by atoms with E-state index in [0.29, 0.717) is 0 Å². The van der Waals surface area contributed by atoms with Crippen molar-refractivity contribution in [3.63, 3.8) is 0 Å². The van der Waals surface area contributed by atoms with Crippen molar-refractivity contribution in [1.82, 2.24) is 19.9 Å². The molecule has 1 saturated carbocycles. The summed E-state index contributed by atoms with van der Waals surface area (Å²) in [5.74, 6) is 1.07. The first-order valence-electron chi connectivity index (χ1n) is 5.94. The van der Waals surface area contributed by atoms with Gasteiger partial charge in [0.15, 0.2) is 0 Å². The van der Waals surface area contributed by atoms with E-state index in [1.807, 2.05) is 17.9 Å². The molecule has 5 heteroatoms. The van der Waals surface area contributed by atoms with Crippen molar-refractivity contribution < 1.29 is 0 Å². The molecular weight excluding hydrogens is 232 g/mol. The zero-order chi connectivity index (χ0) is 11.7. The summed E-state index contributed by atoms with van der Waals surface area (Å²) in [6.07, 6.45) is 6.55. The molecule has 0 amide bonds. The van der Waals surface area contributed by atoms with Crippen molar-refractivity contribution in [2.45, 2.75) is 38.9 Å². The van der Waals surface area contributed by atoms with Gasteiger partial charge >= 0.3 is 0 Å². The van der Waals surface area contributed by atoms with Gasteiger partial charge in [0.2, 0.25) is 0 Å². The molecule has 0 radical (unpaired) electrons. The van der Waals surface area contributed by atoms with Gasteiger partial charge in [0.25, 0.3) is 0 Å². The largest absolute Gasteiger partial charge is 0.326 e. The zero-order valence-corrected chi connectivity index (χ0v) is 10.7. The number of aryl methyl sites for hydroxylation is 1. The summed E-state index contributed by atoms with van der Waals surface area (Å²) in [6, 6.07) is 0.738. The van der Waals surface area contributed by atoms with Gasteiger partial charge in [-0.3, -0.25) is 4.98 Å². The SMILES string of the molecule is Cc1ncc(CNC2CC2)n1Cc1cncs1. The molecule has 0 aliphatic heterocycles. The molecule has 4 nitrogen and oxygen atoms in total. The standard InChI is InChI=1S/C12H16N4S/c1-9-14-4-11(5-15-10-2-3-10)16(9)7-12-6-13-8-17-12/h4,6,8,10,15H,2-3,5,7H2,1H3. The number of imidazole rings is 1. The quantitative estimate of drug-likeness (QED) is 0.879. The van der Waals surface area contributed by atoms with Gasteiger partial charge in [0.1, 0.15) is 5.82 Å². The van der Waals surface area contributed by atoms with Gasteiger partial charge in [0.05, 0.1) is 17.7 Å². The minimum Gasteiger partial charge on any atom is -0.326 e. The molecule has 2 aromatic rings. The number of aromatic nitrogens is 3.